The molecule has 0 fully saturated rings. The number of rotatable bonds is 4. The monoisotopic (exact) mass is 451 g/mol. The molecule has 0 spiro atoms. The molecule has 144 valence electrons. The second kappa shape index (κ2) is 7.89. The smallest absolute Gasteiger partial charge is 0.417 e. The maximum atomic E-state index is 13.2. The van der Waals surface area contributed by atoms with Crippen molar-refractivity contribution in [2.45, 2.75) is 6.18 Å². The van der Waals surface area contributed by atoms with Gasteiger partial charge in [0.05, 0.1) is 16.9 Å². The molecule has 0 radical (unpaired) electrons. The normalized spacial score (nSPS) is 11.1. The molecule has 9 heteroatoms. The Morgan fingerprint density at radius 1 is 0.964 bits per heavy atom. The molecule has 2 N–H and O–H groups in total. The predicted molar refractivity (Wildman–Crippen MR) is 102 cm³/mol. The number of halogens is 4. The molecule has 2 aromatic carbocycles. The van der Waals surface area contributed by atoms with Crippen LogP contribution in [0.25, 0.3) is 0 Å². The molecule has 1 aromatic heterocycles. The van der Waals surface area contributed by atoms with E-state index in [1.807, 2.05) is 0 Å². The van der Waals surface area contributed by atoms with E-state index in [0.29, 0.717) is 17.2 Å². The number of hydrogen-bond donors (Lipinski definition) is 1. The summed E-state index contributed by atoms with van der Waals surface area (Å²) < 4.78 is 45.0. The Hall–Kier alpha value is -3.07. The van der Waals surface area contributed by atoms with Gasteiger partial charge in [-0.3, -0.25) is 9.88 Å². The fourth-order valence-electron chi connectivity index (χ4n) is 2.48. The van der Waals surface area contributed by atoms with Crippen LogP contribution in [0.3, 0.4) is 0 Å². The van der Waals surface area contributed by atoms with Crippen LogP contribution in [0.4, 0.5) is 29.3 Å². The van der Waals surface area contributed by atoms with Crippen LogP contribution >= 0.6 is 15.9 Å². The molecular weight excluding hydrogens is 439 g/mol. The number of benzene rings is 2. The van der Waals surface area contributed by atoms with Gasteiger partial charge in [0.2, 0.25) is 0 Å². The number of primary amides is 1. The number of pyridine rings is 1. The summed E-state index contributed by atoms with van der Waals surface area (Å²) in [6.45, 7) is 0. The van der Waals surface area contributed by atoms with E-state index >= 15 is 0 Å². The van der Waals surface area contributed by atoms with E-state index in [2.05, 4.69) is 20.9 Å². The highest BCUT2D eigenvalue weighted by Gasteiger charge is 2.34. The van der Waals surface area contributed by atoms with Gasteiger partial charge in [0.25, 0.3) is 0 Å². The van der Waals surface area contributed by atoms with Crippen molar-refractivity contribution >= 4 is 33.3 Å². The van der Waals surface area contributed by atoms with Crippen molar-refractivity contribution in [1.82, 2.24) is 4.98 Å². The number of ether oxygens (including phenoxy) is 1. The van der Waals surface area contributed by atoms with Crippen LogP contribution in [-0.2, 0) is 6.18 Å². The molecule has 1 heterocycles. The summed E-state index contributed by atoms with van der Waals surface area (Å²) in [5.74, 6) is 1.04. The van der Waals surface area contributed by atoms with Gasteiger partial charge in [-0.25, -0.2) is 4.79 Å². The summed E-state index contributed by atoms with van der Waals surface area (Å²) in [4.78, 5) is 16.8. The molecule has 0 aliphatic heterocycles. The molecule has 0 bridgehead atoms. The number of alkyl halides is 3. The average Bonchev–Trinajstić information content (AvgIpc) is 2.64. The maximum Gasteiger partial charge on any atom is 0.417 e. The van der Waals surface area contributed by atoms with Gasteiger partial charge in [0.1, 0.15) is 11.5 Å². The summed E-state index contributed by atoms with van der Waals surface area (Å²) in [5.41, 5.74) is 4.79. The summed E-state index contributed by atoms with van der Waals surface area (Å²) in [5, 5.41) is 0. The minimum absolute atomic E-state index is 0.00849. The highest BCUT2D eigenvalue weighted by atomic mass is 79.9. The fourth-order valence-corrected chi connectivity index (χ4v) is 2.95. The van der Waals surface area contributed by atoms with Gasteiger partial charge in [-0.1, -0.05) is 15.9 Å². The lowest BCUT2D eigenvalue weighted by Gasteiger charge is -2.22. The number of urea groups is 1. The quantitative estimate of drug-likeness (QED) is 0.538. The van der Waals surface area contributed by atoms with Crippen LogP contribution in [0.1, 0.15) is 5.56 Å². The van der Waals surface area contributed by atoms with Crippen molar-refractivity contribution in [2.75, 3.05) is 4.90 Å². The molecule has 5 nitrogen and oxygen atoms in total. The van der Waals surface area contributed by atoms with Gasteiger partial charge < -0.3 is 10.5 Å². The standard InChI is InChI=1S/C19H13BrF3N3O2/c20-17-6-3-13(11-16(17)19(21,22)23)26(18(24)27)12-1-4-14(5-2-12)28-15-7-9-25-10-8-15/h1-11H,(H2,24,27). The van der Waals surface area contributed by atoms with Crippen molar-refractivity contribution in [1.29, 1.82) is 0 Å². The zero-order valence-electron chi connectivity index (χ0n) is 14.2. The van der Waals surface area contributed by atoms with Gasteiger partial charge in [0, 0.05) is 16.9 Å². The number of nitrogens with zero attached hydrogens (tertiary/aromatic N) is 2. The van der Waals surface area contributed by atoms with E-state index in [-0.39, 0.29) is 10.2 Å². The third-order valence-corrected chi connectivity index (χ3v) is 4.41. The van der Waals surface area contributed by atoms with Crippen LogP contribution in [0.15, 0.2) is 71.5 Å². The van der Waals surface area contributed by atoms with Crippen LogP contribution in [0.5, 0.6) is 11.5 Å². The second-order valence-electron chi connectivity index (χ2n) is 5.61. The molecule has 0 unspecified atom stereocenters. The van der Waals surface area contributed by atoms with E-state index in [4.69, 9.17) is 10.5 Å². The highest BCUT2D eigenvalue weighted by molar-refractivity contribution is 9.10. The molecule has 0 saturated heterocycles. The fraction of sp³-hybridized carbons (Fsp3) is 0.0526. The Morgan fingerprint density at radius 2 is 1.54 bits per heavy atom. The molecule has 0 aliphatic rings. The van der Waals surface area contributed by atoms with Gasteiger partial charge in [-0.15, -0.1) is 0 Å². The summed E-state index contributed by atoms with van der Waals surface area (Å²) >= 11 is 2.87. The summed E-state index contributed by atoms with van der Waals surface area (Å²) in [7, 11) is 0. The first kappa shape index (κ1) is 19.7. The summed E-state index contributed by atoms with van der Waals surface area (Å²) in [6.07, 6.45) is -1.44. The van der Waals surface area contributed by atoms with Crippen molar-refractivity contribution in [3.63, 3.8) is 0 Å². The zero-order valence-corrected chi connectivity index (χ0v) is 15.7. The molecule has 0 saturated carbocycles. The van der Waals surface area contributed by atoms with E-state index in [1.165, 1.54) is 24.3 Å². The summed E-state index contributed by atoms with van der Waals surface area (Å²) in [6, 6.07) is 12.1. The first-order valence-electron chi connectivity index (χ1n) is 7.90. The number of hydrogen-bond acceptors (Lipinski definition) is 3. The van der Waals surface area contributed by atoms with Crippen molar-refractivity contribution in [3.05, 3.63) is 77.0 Å². The van der Waals surface area contributed by atoms with Crippen molar-refractivity contribution in [2.24, 2.45) is 5.73 Å². The van der Waals surface area contributed by atoms with Gasteiger partial charge in [-0.05, 0) is 54.6 Å². The van der Waals surface area contributed by atoms with Gasteiger partial charge in [-0.2, -0.15) is 13.2 Å². The molecule has 3 aromatic rings. The molecule has 0 atom stereocenters. The number of carbonyl (C=O) groups excluding carboxylic acids is 1. The van der Waals surface area contributed by atoms with Crippen LogP contribution < -0.4 is 15.4 Å². The minimum Gasteiger partial charge on any atom is -0.457 e. The Labute approximate surface area is 166 Å². The molecular formula is C19H13BrF3N3O2. The van der Waals surface area contributed by atoms with Crippen LogP contribution in [0.2, 0.25) is 0 Å². The van der Waals surface area contributed by atoms with Crippen molar-refractivity contribution < 1.29 is 22.7 Å². The SMILES string of the molecule is NC(=O)N(c1ccc(Oc2ccncc2)cc1)c1ccc(Br)c(C(F)(F)F)c1. The van der Waals surface area contributed by atoms with Gasteiger partial charge >= 0.3 is 12.2 Å². The molecule has 3 rings (SSSR count). The average molecular weight is 452 g/mol. The Kier molecular flexibility index (Phi) is 5.55. The first-order chi connectivity index (χ1) is 13.3. The van der Waals surface area contributed by atoms with E-state index in [0.717, 1.165) is 11.0 Å². The third-order valence-electron chi connectivity index (χ3n) is 3.71. The zero-order chi connectivity index (χ0) is 20.3. The molecule has 2 amide bonds. The first-order valence-corrected chi connectivity index (χ1v) is 8.69. The Balaban J connectivity index is 1.92. The molecule has 28 heavy (non-hydrogen) atoms. The number of amides is 2. The number of aromatic nitrogens is 1. The van der Waals surface area contributed by atoms with E-state index in [9.17, 15) is 18.0 Å². The second-order valence-corrected chi connectivity index (χ2v) is 6.47. The molecule has 0 aliphatic carbocycles. The maximum absolute atomic E-state index is 13.2. The minimum atomic E-state index is -4.58. The van der Waals surface area contributed by atoms with E-state index in [1.54, 1.807) is 36.7 Å². The van der Waals surface area contributed by atoms with Crippen LogP contribution in [0, 0.1) is 0 Å². The predicted octanol–water partition coefficient (Wildman–Crippen LogP) is 5.87. The topological polar surface area (TPSA) is 68.5 Å². The lowest BCUT2D eigenvalue weighted by atomic mass is 10.1. The number of nitrogens with two attached hydrogens (primary N) is 1. The number of carbonyl (C=O) groups is 1. The van der Waals surface area contributed by atoms with Crippen molar-refractivity contribution in [3.8, 4) is 11.5 Å². The Bertz CT molecular complexity index is 980. The highest BCUT2D eigenvalue weighted by Crippen LogP contribution is 2.38. The third kappa shape index (κ3) is 4.42. The van der Waals surface area contributed by atoms with Crippen LogP contribution in [-0.4, -0.2) is 11.0 Å². The Morgan fingerprint density at radius 3 is 2.11 bits per heavy atom. The lowest BCUT2D eigenvalue weighted by molar-refractivity contribution is -0.138. The largest absolute Gasteiger partial charge is 0.457 e. The van der Waals surface area contributed by atoms with E-state index < -0.39 is 17.8 Å². The number of anilines is 2. The van der Waals surface area contributed by atoms with Gasteiger partial charge in [0.15, 0.2) is 0 Å². The lowest BCUT2D eigenvalue weighted by Crippen LogP contribution is -2.31.